The van der Waals surface area contributed by atoms with Crippen molar-refractivity contribution in [1.82, 2.24) is 4.90 Å². The van der Waals surface area contributed by atoms with Gasteiger partial charge in [-0.05, 0) is 74.9 Å². The molecular weight excluding hydrogens is 408 g/mol. The number of piperidine rings is 1. The van der Waals surface area contributed by atoms with Crippen LogP contribution in [0.15, 0.2) is 53.4 Å². The number of ether oxygens (including phenoxy) is 2. The zero-order valence-electron chi connectivity index (χ0n) is 18.6. The Morgan fingerprint density at radius 1 is 1.23 bits per heavy atom. The second-order valence-corrected chi connectivity index (χ2v) is 9.90. The van der Waals surface area contributed by atoms with Crippen LogP contribution in [0, 0.1) is 17.2 Å². The fourth-order valence-electron chi connectivity index (χ4n) is 3.84. The number of carbonyl (C=O) groups excluding carboxylic acids is 1. The minimum atomic E-state index is -0.508. The Bertz CT molecular complexity index is 931. The van der Waals surface area contributed by atoms with E-state index in [0.29, 0.717) is 24.6 Å². The zero-order valence-corrected chi connectivity index (χ0v) is 19.4. The Kier molecular flexibility index (Phi) is 7.50. The monoisotopic (exact) mass is 438 g/mol. The molecule has 2 aromatic rings. The molecule has 3 rings (SSSR count). The van der Waals surface area contributed by atoms with Crippen molar-refractivity contribution in [1.29, 1.82) is 5.26 Å². The molecule has 0 aliphatic carbocycles. The summed E-state index contributed by atoms with van der Waals surface area (Å²) in [4.78, 5) is 15.6. The highest BCUT2D eigenvalue weighted by atomic mass is 32.2. The van der Waals surface area contributed by atoms with Gasteiger partial charge in [0.25, 0.3) is 0 Å². The number of hydrogen-bond donors (Lipinski definition) is 0. The van der Waals surface area contributed by atoms with Crippen molar-refractivity contribution in [3.8, 4) is 11.8 Å². The van der Waals surface area contributed by atoms with Gasteiger partial charge in [-0.2, -0.15) is 5.26 Å². The fourth-order valence-corrected chi connectivity index (χ4v) is 4.97. The normalized spacial score (nSPS) is 18.9. The Balaban J connectivity index is 1.77. The van der Waals surface area contributed by atoms with Crippen LogP contribution in [0.1, 0.15) is 44.2 Å². The third-order valence-electron chi connectivity index (χ3n) is 5.36. The second kappa shape index (κ2) is 10.1. The Labute approximate surface area is 189 Å². The first-order valence-electron chi connectivity index (χ1n) is 10.5. The molecule has 0 radical (unpaired) electrons. The summed E-state index contributed by atoms with van der Waals surface area (Å²) in [7, 11) is 1.67. The van der Waals surface area contributed by atoms with Crippen LogP contribution < -0.4 is 4.74 Å². The summed E-state index contributed by atoms with van der Waals surface area (Å²) in [6.07, 6.45) is 0.636. The standard InChI is InChI=1S/C25H30N2O3S/c1-25(2,3)30-24(28)27-13-12-23(19-8-10-21(29-4)11-9-19)20(16-27)17-31-22-7-5-6-18(14-22)15-26/h5-11,14,20,23H,12-13,16-17H2,1-4H3/t20-,23-/m0/s1. The lowest BCUT2D eigenvalue weighted by Gasteiger charge is -2.39. The average Bonchev–Trinajstić information content (AvgIpc) is 2.76. The first kappa shape index (κ1) is 23.0. The summed E-state index contributed by atoms with van der Waals surface area (Å²) in [5.74, 6) is 2.31. The molecule has 5 nitrogen and oxygen atoms in total. The topological polar surface area (TPSA) is 62.6 Å². The predicted molar refractivity (Wildman–Crippen MR) is 124 cm³/mol. The van der Waals surface area contributed by atoms with Gasteiger partial charge < -0.3 is 14.4 Å². The molecule has 0 unspecified atom stereocenters. The number of nitrogens with zero attached hydrogens (tertiary/aromatic N) is 2. The molecule has 0 aromatic heterocycles. The lowest BCUT2D eigenvalue weighted by molar-refractivity contribution is 0.0158. The van der Waals surface area contributed by atoms with Crippen molar-refractivity contribution < 1.29 is 14.3 Å². The van der Waals surface area contributed by atoms with E-state index in [4.69, 9.17) is 9.47 Å². The lowest BCUT2D eigenvalue weighted by atomic mass is 9.81. The van der Waals surface area contributed by atoms with Crippen molar-refractivity contribution in [2.45, 2.75) is 43.6 Å². The Morgan fingerprint density at radius 2 is 1.97 bits per heavy atom. The second-order valence-electron chi connectivity index (χ2n) is 8.81. The highest BCUT2D eigenvalue weighted by Crippen LogP contribution is 2.37. The number of rotatable bonds is 5. The average molecular weight is 439 g/mol. The van der Waals surface area contributed by atoms with Crippen LogP contribution in [-0.2, 0) is 4.74 Å². The summed E-state index contributed by atoms with van der Waals surface area (Å²) < 4.78 is 10.9. The molecule has 1 aliphatic heterocycles. The van der Waals surface area contributed by atoms with E-state index in [1.807, 2.05) is 62.1 Å². The number of hydrogen-bond acceptors (Lipinski definition) is 5. The third kappa shape index (κ3) is 6.41. The van der Waals surface area contributed by atoms with Crippen LogP contribution in [0.4, 0.5) is 4.79 Å². The number of likely N-dealkylation sites (tertiary alicyclic amines) is 1. The molecule has 0 spiro atoms. The highest BCUT2D eigenvalue weighted by molar-refractivity contribution is 7.99. The quantitative estimate of drug-likeness (QED) is 0.560. The van der Waals surface area contributed by atoms with Crippen LogP contribution >= 0.6 is 11.8 Å². The number of carbonyl (C=O) groups is 1. The van der Waals surface area contributed by atoms with Crippen molar-refractivity contribution >= 4 is 17.9 Å². The Morgan fingerprint density at radius 3 is 2.61 bits per heavy atom. The number of benzene rings is 2. The van der Waals surface area contributed by atoms with Crippen LogP contribution in [0.3, 0.4) is 0 Å². The van der Waals surface area contributed by atoms with E-state index in [-0.39, 0.29) is 12.0 Å². The maximum Gasteiger partial charge on any atom is 0.410 e. The molecule has 31 heavy (non-hydrogen) atoms. The van der Waals surface area contributed by atoms with Crippen molar-refractivity contribution in [3.05, 3.63) is 59.7 Å². The SMILES string of the molecule is COc1ccc([C@@H]2CCN(C(=O)OC(C)(C)C)C[C@H]2CSc2cccc(C#N)c2)cc1. The summed E-state index contributed by atoms with van der Waals surface area (Å²) in [6.45, 7) is 7.01. The van der Waals surface area contributed by atoms with E-state index in [1.54, 1.807) is 18.9 Å². The molecule has 164 valence electrons. The van der Waals surface area contributed by atoms with E-state index in [9.17, 15) is 10.1 Å². The van der Waals surface area contributed by atoms with Crippen LogP contribution in [0.5, 0.6) is 5.75 Å². The molecule has 1 amide bonds. The third-order valence-corrected chi connectivity index (χ3v) is 6.54. The summed E-state index contributed by atoms with van der Waals surface area (Å²) >= 11 is 1.73. The molecule has 1 saturated heterocycles. The molecular formula is C25H30N2O3S. The van der Waals surface area contributed by atoms with Crippen molar-refractivity contribution in [3.63, 3.8) is 0 Å². The first-order chi connectivity index (χ1) is 14.8. The predicted octanol–water partition coefficient (Wildman–Crippen LogP) is 5.70. The van der Waals surface area contributed by atoms with Gasteiger partial charge in [0.15, 0.2) is 0 Å². The molecule has 0 bridgehead atoms. The molecule has 1 fully saturated rings. The van der Waals surface area contributed by atoms with E-state index in [1.165, 1.54) is 5.56 Å². The molecule has 1 heterocycles. The number of thioether (sulfide) groups is 1. The van der Waals surface area contributed by atoms with Gasteiger partial charge >= 0.3 is 6.09 Å². The minimum absolute atomic E-state index is 0.248. The van der Waals surface area contributed by atoms with Crippen LogP contribution in [0.25, 0.3) is 0 Å². The van der Waals surface area contributed by atoms with Crippen LogP contribution in [-0.4, -0.2) is 42.5 Å². The molecule has 6 heteroatoms. The number of methoxy groups -OCH3 is 1. The van der Waals surface area contributed by atoms with Gasteiger partial charge in [-0.3, -0.25) is 0 Å². The molecule has 0 saturated carbocycles. The van der Waals surface area contributed by atoms with Gasteiger partial charge in [0, 0.05) is 23.7 Å². The van der Waals surface area contributed by atoms with Crippen molar-refractivity contribution in [2.24, 2.45) is 5.92 Å². The van der Waals surface area contributed by atoms with Gasteiger partial charge in [0.2, 0.25) is 0 Å². The molecule has 1 aliphatic rings. The summed E-state index contributed by atoms with van der Waals surface area (Å²) in [5.41, 5.74) is 1.42. The molecule has 2 atom stereocenters. The van der Waals surface area contributed by atoms with E-state index in [0.717, 1.165) is 22.8 Å². The van der Waals surface area contributed by atoms with Gasteiger partial charge in [0.1, 0.15) is 11.4 Å². The van der Waals surface area contributed by atoms with E-state index >= 15 is 0 Å². The van der Waals surface area contributed by atoms with Gasteiger partial charge in [-0.1, -0.05) is 18.2 Å². The smallest absolute Gasteiger partial charge is 0.410 e. The largest absolute Gasteiger partial charge is 0.497 e. The zero-order chi connectivity index (χ0) is 22.4. The minimum Gasteiger partial charge on any atom is -0.497 e. The first-order valence-corrected chi connectivity index (χ1v) is 11.5. The Hall–Kier alpha value is -2.65. The number of nitriles is 1. The lowest BCUT2D eigenvalue weighted by Crippen LogP contribution is -2.45. The fraction of sp³-hybridized carbons (Fsp3) is 0.440. The van der Waals surface area contributed by atoms with Crippen molar-refractivity contribution in [2.75, 3.05) is 26.0 Å². The molecule has 2 aromatic carbocycles. The highest BCUT2D eigenvalue weighted by Gasteiger charge is 2.34. The number of amides is 1. The van der Waals surface area contributed by atoms with E-state index in [2.05, 4.69) is 18.2 Å². The summed E-state index contributed by atoms with van der Waals surface area (Å²) in [6, 6.07) is 18.1. The summed E-state index contributed by atoms with van der Waals surface area (Å²) in [5, 5.41) is 9.17. The van der Waals surface area contributed by atoms with Gasteiger partial charge in [0.05, 0.1) is 18.7 Å². The maximum atomic E-state index is 12.7. The van der Waals surface area contributed by atoms with Gasteiger partial charge in [-0.25, -0.2) is 4.79 Å². The van der Waals surface area contributed by atoms with Gasteiger partial charge in [-0.15, -0.1) is 11.8 Å². The van der Waals surface area contributed by atoms with Crippen LogP contribution in [0.2, 0.25) is 0 Å². The van der Waals surface area contributed by atoms with E-state index < -0.39 is 5.60 Å². The molecule has 0 N–H and O–H groups in total. The maximum absolute atomic E-state index is 12.7.